The molecule has 0 bridgehead atoms. The number of ether oxygens (including phenoxy) is 1. The van der Waals surface area contributed by atoms with E-state index < -0.39 is 0 Å². The summed E-state index contributed by atoms with van der Waals surface area (Å²) in [6.45, 7) is 1.98. The summed E-state index contributed by atoms with van der Waals surface area (Å²) in [4.78, 5) is 12.8. The second-order valence-corrected chi connectivity index (χ2v) is 5.15. The van der Waals surface area contributed by atoms with Gasteiger partial charge in [0.05, 0.1) is 18.5 Å². The zero-order valence-electron chi connectivity index (χ0n) is 13.2. The van der Waals surface area contributed by atoms with Gasteiger partial charge in [-0.15, -0.1) is 0 Å². The smallest absolute Gasteiger partial charge is 0.295 e. The molecule has 0 aliphatic heterocycles. The Balaban J connectivity index is 2.40. The Labute approximate surface area is 134 Å². The number of aromatic nitrogens is 2. The van der Waals surface area contributed by atoms with Crippen molar-refractivity contribution in [2.24, 2.45) is 0 Å². The second kappa shape index (κ2) is 6.04. The normalized spacial score (nSPS) is 10.7. The molecule has 5 nitrogen and oxygen atoms in total. The van der Waals surface area contributed by atoms with E-state index in [4.69, 9.17) is 10.5 Å². The number of para-hydroxylation sites is 3. The molecule has 0 unspecified atom stereocenters. The van der Waals surface area contributed by atoms with Crippen LogP contribution in [0.3, 0.4) is 0 Å². The molecule has 2 aromatic carbocycles. The van der Waals surface area contributed by atoms with Crippen molar-refractivity contribution < 1.29 is 4.74 Å². The third-order valence-corrected chi connectivity index (χ3v) is 3.84. The maximum absolute atomic E-state index is 12.8. The fourth-order valence-corrected chi connectivity index (χ4v) is 2.77. The largest absolute Gasteiger partial charge is 0.494 e. The van der Waals surface area contributed by atoms with Gasteiger partial charge in [0, 0.05) is 0 Å². The summed E-state index contributed by atoms with van der Waals surface area (Å²) >= 11 is 0. The maximum Gasteiger partial charge on any atom is 0.295 e. The molecule has 0 radical (unpaired) electrons. The monoisotopic (exact) mass is 309 g/mol. The third-order valence-electron chi connectivity index (χ3n) is 3.84. The van der Waals surface area contributed by atoms with E-state index in [0.29, 0.717) is 17.9 Å². The lowest BCUT2D eigenvalue weighted by molar-refractivity contribution is 0.410. The van der Waals surface area contributed by atoms with E-state index in [1.165, 1.54) is 0 Å². The van der Waals surface area contributed by atoms with Crippen LogP contribution >= 0.6 is 0 Å². The highest BCUT2D eigenvalue weighted by Gasteiger charge is 2.20. The molecule has 0 spiro atoms. The van der Waals surface area contributed by atoms with Crippen molar-refractivity contribution >= 4 is 5.69 Å². The lowest BCUT2D eigenvalue weighted by Gasteiger charge is -2.16. The molecule has 1 heterocycles. The Morgan fingerprint density at radius 2 is 1.65 bits per heavy atom. The number of rotatable bonds is 4. The van der Waals surface area contributed by atoms with E-state index >= 15 is 0 Å². The van der Waals surface area contributed by atoms with Crippen molar-refractivity contribution in [2.45, 2.75) is 13.3 Å². The highest BCUT2D eigenvalue weighted by atomic mass is 16.5. The van der Waals surface area contributed by atoms with E-state index in [-0.39, 0.29) is 11.2 Å². The molecule has 0 aliphatic rings. The van der Waals surface area contributed by atoms with Gasteiger partial charge in [-0.1, -0.05) is 37.3 Å². The zero-order chi connectivity index (χ0) is 16.4. The van der Waals surface area contributed by atoms with E-state index in [1.807, 2.05) is 66.2 Å². The van der Waals surface area contributed by atoms with Gasteiger partial charge in [0.1, 0.15) is 17.1 Å². The quantitative estimate of drug-likeness (QED) is 0.806. The Morgan fingerprint density at radius 3 is 2.30 bits per heavy atom. The Hall–Kier alpha value is -2.95. The fourth-order valence-electron chi connectivity index (χ4n) is 2.77. The zero-order valence-corrected chi connectivity index (χ0v) is 13.2. The molecule has 0 saturated heterocycles. The van der Waals surface area contributed by atoms with Crippen LogP contribution in [0.4, 0.5) is 5.69 Å². The van der Waals surface area contributed by atoms with Crippen LogP contribution in [-0.2, 0) is 6.42 Å². The summed E-state index contributed by atoms with van der Waals surface area (Å²) in [5.74, 6) is 0.618. The molecule has 23 heavy (non-hydrogen) atoms. The molecule has 3 rings (SSSR count). The standard InChI is InChI=1S/C18H19N3O2/c1-3-14-17(19)18(22)21(15-11-7-8-12-16(15)23-2)20(14)13-9-5-4-6-10-13/h4-12H,3,19H2,1-2H3. The van der Waals surface area contributed by atoms with Gasteiger partial charge in [0.2, 0.25) is 0 Å². The van der Waals surface area contributed by atoms with Crippen LogP contribution in [0.2, 0.25) is 0 Å². The first-order valence-electron chi connectivity index (χ1n) is 7.50. The number of nitrogens with two attached hydrogens (primary N) is 1. The number of hydrogen-bond donors (Lipinski definition) is 1. The lowest BCUT2D eigenvalue weighted by Crippen LogP contribution is -2.22. The summed E-state index contributed by atoms with van der Waals surface area (Å²) in [6, 6.07) is 17.1. The van der Waals surface area contributed by atoms with Crippen LogP contribution in [0.1, 0.15) is 12.6 Å². The second-order valence-electron chi connectivity index (χ2n) is 5.15. The Bertz CT molecular complexity index is 879. The molecule has 0 atom stereocenters. The maximum atomic E-state index is 12.8. The van der Waals surface area contributed by atoms with Gasteiger partial charge in [-0.2, -0.15) is 0 Å². The lowest BCUT2D eigenvalue weighted by atomic mass is 10.2. The first-order chi connectivity index (χ1) is 11.2. The van der Waals surface area contributed by atoms with Crippen molar-refractivity contribution in [1.29, 1.82) is 0 Å². The van der Waals surface area contributed by atoms with Crippen LogP contribution in [-0.4, -0.2) is 16.5 Å². The van der Waals surface area contributed by atoms with Crippen molar-refractivity contribution in [2.75, 3.05) is 12.8 Å². The molecule has 118 valence electrons. The first kappa shape index (κ1) is 15.0. The van der Waals surface area contributed by atoms with Crippen molar-refractivity contribution in [1.82, 2.24) is 9.36 Å². The summed E-state index contributed by atoms with van der Waals surface area (Å²) in [7, 11) is 1.59. The first-order valence-corrected chi connectivity index (χ1v) is 7.50. The predicted molar refractivity (Wildman–Crippen MR) is 91.7 cm³/mol. The molecular formula is C18H19N3O2. The number of nitrogens with zero attached hydrogens (tertiary/aromatic N) is 2. The molecular weight excluding hydrogens is 290 g/mol. The van der Waals surface area contributed by atoms with Gasteiger partial charge in [0.15, 0.2) is 0 Å². The fraction of sp³-hybridized carbons (Fsp3) is 0.167. The number of benzene rings is 2. The molecule has 0 fully saturated rings. The number of hydrogen-bond acceptors (Lipinski definition) is 3. The summed E-state index contributed by atoms with van der Waals surface area (Å²) in [5, 5.41) is 0. The van der Waals surface area contributed by atoms with Gasteiger partial charge in [0.25, 0.3) is 5.56 Å². The molecule has 3 aromatic rings. The predicted octanol–water partition coefficient (Wildman–Crippen LogP) is 2.78. The van der Waals surface area contributed by atoms with Crippen LogP contribution in [0.5, 0.6) is 5.75 Å². The van der Waals surface area contributed by atoms with Crippen molar-refractivity contribution in [3.8, 4) is 17.1 Å². The molecule has 5 heteroatoms. The van der Waals surface area contributed by atoms with E-state index in [0.717, 1.165) is 11.4 Å². The minimum Gasteiger partial charge on any atom is -0.494 e. The van der Waals surface area contributed by atoms with Gasteiger partial charge in [-0.3, -0.25) is 4.79 Å². The minimum absolute atomic E-state index is 0.241. The highest BCUT2D eigenvalue weighted by Crippen LogP contribution is 2.25. The van der Waals surface area contributed by atoms with Crippen LogP contribution < -0.4 is 16.0 Å². The summed E-state index contributed by atoms with van der Waals surface area (Å²) < 4.78 is 8.84. The number of nitrogen functional groups attached to an aromatic ring is 1. The van der Waals surface area contributed by atoms with E-state index in [1.54, 1.807) is 11.8 Å². The average Bonchev–Trinajstić information content (AvgIpc) is 2.86. The summed E-state index contributed by atoms with van der Waals surface area (Å²) in [6.07, 6.45) is 0.651. The van der Waals surface area contributed by atoms with Crippen LogP contribution in [0.15, 0.2) is 59.4 Å². The Morgan fingerprint density at radius 1 is 1.00 bits per heavy atom. The van der Waals surface area contributed by atoms with Gasteiger partial charge >= 0.3 is 0 Å². The van der Waals surface area contributed by atoms with Crippen molar-refractivity contribution in [3.05, 3.63) is 70.6 Å². The Kier molecular flexibility index (Phi) is 3.93. The minimum atomic E-state index is -0.241. The van der Waals surface area contributed by atoms with Crippen LogP contribution in [0.25, 0.3) is 11.4 Å². The third kappa shape index (κ3) is 2.40. The molecule has 0 saturated carbocycles. The molecule has 0 amide bonds. The van der Waals surface area contributed by atoms with Crippen molar-refractivity contribution in [3.63, 3.8) is 0 Å². The average molecular weight is 309 g/mol. The topological polar surface area (TPSA) is 62.2 Å². The molecule has 2 N–H and O–H groups in total. The van der Waals surface area contributed by atoms with Gasteiger partial charge < -0.3 is 10.5 Å². The van der Waals surface area contributed by atoms with Gasteiger partial charge in [-0.25, -0.2) is 9.36 Å². The summed E-state index contributed by atoms with van der Waals surface area (Å²) in [5.41, 5.74) is 8.44. The van der Waals surface area contributed by atoms with Crippen LogP contribution in [0, 0.1) is 0 Å². The molecule has 1 aromatic heterocycles. The molecule has 0 aliphatic carbocycles. The van der Waals surface area contributed by atoms with Gasteiger partial charge in [-0.05, 0) is 30.7 Å². The number of anilines is 1. The number of methoxy groups -OCH3 is 1. The highest BCUT2D eigenvalue weighted by molar-refractivity contribution is 5.54. The van der Waals surface area contributed by atoms with E-state index in [9.17, 15) is 4.79 Å². The van der Waals surface area contributed by atoms with E-state index in [2.05, 4.69) is 0 Å². The SMILES string of the molecule is CCc1c(N)c(=O)n(-c2ccccc2OC)n1-c1ccccc1.